The lowest BCUT2D eigenvalue weighted by Gasteiger charge is -2.15. The van der Waals surface area contributed by atoms with E-state index in [2.05, 4.69) is 39.8 Å². The zero-order valence-electron chi connectivity index (χ0n) is 11.7. The third-order valence-electron chi connectivity index (χ3n) is 3.84. The van der Waals surface area contributed by atoms with Gasteiger partial charge in [-0.15, -0.1) is 0 Å². The molecule has 2 rings (SSSR count). The molecule has 0 fully saturated rings. The smallest absolute Gasteiger partial charge is 0.00578 e. The summed E-state index contributed by atoms with van der Waals surface area (Å²) in [5, 5.41) is 0. The highest BCUT2D eigenvalue weighted by atomic mass is 14.2. The fraction of sp³-hybridized carbons (Fsp3) is 0.529. The van der Waals surface area contributed by atoms with Gasteiger partial charge in [0.25, 0.3) is 0 Å². The zero-order chi connectivity index (χ0) is 12.4. The first kappa shape index (κ1) is 12.4. The van der Waals surface area contributed by atoms with Gasteiger partial charge in [-0.1, -0.05) is 44.4 Å². The molecule has 0 nitrogen and oxygen atoms in total. The van der Waals surface area contributed by atoms with Crippen LogP contribution in [0.25, 0.3) is 6.08 Å². The van der Waals surface area contributed by atoms with Crippen LogP contribution in [-0.2, 0) is 19.3 Å². The van der Waals surface area contributed by atoms with E-state index in [0.29, 0.717) is 0 Å². The van der Waals surface area contributed by atoms with Gasteiger partial charge in [-0.2, -0.15) is 0 Å². The predicted molar refractivity (Wildman–Crippen MR) is 76.5 cm³/mol. The minimum Gasteiger partial charge on any atom is -0.0683 e. The Morgan fingerprint density at radius 1 is 1.00 bits per heavy atom. The average molecular weight is 228 g/mol. The number of aryl methyl sites for hydroxylation is 2. The van der Waals surface area contributed by atoms with Gasteiger partial charge < -0.3 is 0 Å². The fourth-order valence-corrected chi connectivity index (χ4v) is 2.98. The molecule has 0 bridgehead atoms. The van der Waals surface area contributed by atoms with Crippen molar-refractivity contribution in [3.63, 3.8) is 0 Å². The van der Waals surface area contributed by atoms with Crippen LogP contribution < -0.4 is 0 Å². The largest absolute Gasteiger partial charge is 0.0683 e. The van der Waals surface area contributed by atoms with E-state index >= 15 is 0 Å². The summed E-state index contributed by atoms with van der Waals surface area (Å²) in [7, 11) is 0. The molecule has 0 saturated heterocycles. The Morgan fingerprint density at radius 3 is 2.29 bits per heavy atom. The molecule has 0 unspecified atom stereocenters. The molecular formula is C17H24. The molecule has 0 aliphatic heterocycles. The van der Waals surface area contributed by atoms with Crippen LogP contribution in [-0.4, -0.2) is 0 Å². The maximum atomic E-state index is 2.47. The van der Waals surface area contributed by atoms with Gasteiger partial charge in [-0.25, -0.2) is 0 Å². The fourth-order valence-electron chi connectivity index (χ4n) is 2.98. The van der Waals surface area contributed by atoms with Crippen LogP contribution in [0, 0.1) is 6.92 Å². The Hall–Kier alpha value is -1.04. The minimum atomic E-state index is 1.18. The second kappa shape index (κ2) is 5.08. The standard InChI is InChI=1S/C17H24/c1-5-7-14-11-15(8-6-2)17-10-12(3)9-16(17)13(14)4/h10-11H,5-9H2,1-4H3. The summed E-state index contributed by atoms with van der Waals surface area (Å²) in [6, 6.07) is 2.47. The molecule has 0 amide bonds. The number of rotatable bonds is 4. The summed E-state index contributed by atoms with van der Waals surface area (Å²) in [5.74, 6) is 0. The van der Waals surface area contributed by atoms with E-state index < -0.39 is 0 Å². The van der Waals surface area contributed by atoms with Crippen LogP contribution in [0.2, 0.25) is 0 Å². The molecule has 1 aromatic rings. The van der Waals surface area contributed by atoms with Crippen molar-refractivity contribution in [1.82, 2.24) is 0 Å². The predicted octanol–water partition coefficient (Wildman–Crippen LogP) is 4.86. The molecule has 17 heavy (non-hydrogen) atoms. The normalized spacial score (nSPS) is 13.8. The zero-order valence-corrected chi connectivity index (χ0v) is 11.7. The van der Waals surface area contributed by atoms with Gasteiger partial charge in [0, 0.05) is 0 Å². The van der Waals surface area contributed by atoms with Gasteiger partial charge in [0.1, 0.15) is 0 Å². The lowest BCUT2D eigenvalue weighted by Crippen LogP contribution is -2.01. The summed E-state index contributed by atoms with van der Waals surface area (Å²) in [6.07, 6.45) is 8.53. The van der Waals surface area contributed by atoms with Crippen LogP contribution >= 0.6 is 0 Å². The Bertz CT molecular complexity index is 450. The second-order valence-electron chi connectivity index (χ2n) is 5.38. The van der Waals surface area contributed by atoms with E-state index in [1.165, 1.54) is 37.7 Å². The van der Waals surface area contributed by atoms with Crippen LogP contribution in [0.4, 0.5) is 0 Å². The summed E-state index contributed by atoms with van der Waals surface area (Å²) < 4.78 is 0. The molecule has 0 radical (unpaired) electrons. The Labute approximate surface area is 106 Å². The second-order valence-corrected chi connectivity index (χ2v) is 5.38. The van der Waals surface area contributed by atoms with Crippen molar-refractivity contribution in [3.05, 3.63) is 39.5 Å². The third-order valence-corrected chi connectivity index (χ3v) is 3.84. The summed E-state index contributed by atoms with van der Waals surface area (Å²) in [5.41, 5.74) is 9.38. The highest BCUT2D eigenvalue weighted by molar-refractivity contribution is 5.69. The topological polar surface area (TPSA) is 0 Å². The van der Waals surface area contributed by atoms with Crippen molar-refractivity contribution in [2.45, 2.75) is 59.8 Å². The highest BCUT2D eigenvalue weighted by Crippen LogP contribution is 2.33. The quantitative estimate of drug-likeness (QED) is 0.690. The van der Waals surface area contributed by atoms with Crippen molar-refractivity contribution >= 4 is 6.08 Å². The lowest BCUT2D eigenvalue weighted by molar-refractivity contribution is 0.881. The number of hydrogen-bond acceptors (Lipinski definition) is 0. The molecule has 0 spiro atoms. The maximum absolute atomic E-state index is 2.47. The van der Waals surface area contributed by atoms with E-state index in [0.717, 1.165) is 0 Å². The maximum Gasteiger partial charge on any atom is -0.00578 e. The molecule has 0 aromatic heterocycles. The van der Waals surface area contributed by atoms with Crippen LogP contribution in [0.15, 0.2) is 11.6 Å². The molecular weight excluding hydrogens is 204 g/mol. The number of benzene rings is 1. The first-order valence-corrected chi connectivity index (χ1v) is 6.98. The van der Waals surface area contributed by atoms with Crippen LogP contribution in [0.1, 0.15) is 61.4 Å². The number of allylic oxidation sites excluding steroid dienone is 1. The Balaban J connectivity index is 2.51. The Kier molecular flexibility index (Phi) is 3.71. The van der Waals surface area contributed by atoms with Gasteiger partial charge in [0.2, 0.25) is 0 Å². The lowest BCUT2D eigenvalue weighted by atomic mass is 9.90. The van der Waals surface area contributed by atoms with Gasteiger partial charge in [-0.05, 0) is 60.9 Å². The first-order valence-electron chi connectivity index (χ1n) is 6.98. The molecule has 0 atom stereocenters. The number of hydrogen-bond donors (Lipinski definition) is 0. The van der Waals surface area contributed by atoms with E-state index in [9.17, 15) is 0 Å². The molecule has 1 aliphatic rings. The van der Waals surface area contributed by atoms with E-state index in [1.54, 1.807) is 27.8 Å². The van der Waals surface area contributed by atoms with Gasteiger partial charge in [0.15, 0.2) is 0 Å². The minimum absolute atomic E-state index is 1.18. The average Bonchev–Trinajstić information content (AvgIpc) is 2.68. The molecule has 1 aliphatic carbocycles. The summed E-state index contributed by atoms with van der Waals surface area (Å²) >= 11 is 0. The van der Waals surface area contributed by atoms with Crippen LogP contribution in [0.3, 0.4) is 0 Å². The highest BCUT2D eigenvalue weighted by Gasteiger charge is 2.18. The Morgan fingerprint density at radius 2 is 1.65 bits per heavy atom. The van der Waals surface area contributed by atoms with E-state index in [4.69, 9.17) is 0 Å². The molecule has 0 heteroatoms. The van der Waals surface area contributed by atoms with Crippen molar-refractivity contribution in [3.8, 4) is 0 Å². The van der Waals surface area contributed by atoms with Crippen molar-refractivity contribution in [2.24, 2.45) is 0 Å². The molecule has 0 heterocycles. The number of fused-ring (bicyclic) bond motifs is 1. The van der Waals surface area contributed by atoms with Crippen molar-refractivity contribution in [2.75, 3.05) is 0 Å². The summed E-state index contributed by atoms with van der Waals surface area (Å²) in [6.45, 7) is 9.12. The monoisotopic (exact) mass is 228 g/mol. The van der Waals surface area contributed by atoms with Gasteiger partial charge >= 0.3 is 0 Å². The summed E-state index contributed by atoms with van der Waals surface area (Å²) in [4.78, 5) is 0. The molecule has 92 valence electrons. The molecule has 0 saturated carbocycles. The molecule has 1 aromatic carbocycles. The molecule has 0 N–H and O–H groups in total. The van der Waals surface area contributed by atoms with Crippen molar-refractivity contribution in [1.29, 1.82) is 0 Å². The van der Waals surface area contributed by atoms with E-state index in [1.807, 2.05) is 0 Å². The van der Waals surface area contributed by atoms with Crippen LogP contribution in [0.5, 0.6) is 0 Å². The van der Waals surface area contributed by atoms with Gasteiger partial charge in [-0.3, -0.25) is 0 Å². The first-order chi connectivity index (χ1) is 8.17. The van der Waals surface area contributed by atoms with E-state index in [-0.39, 0.29) is 0 Å². The third kappa shape index (κ3) is 2.31. The SMILES string of the molecule is CCCc1cc(CCC)c2c(c1C)CC(C)=C2. The van der Waals surface area contributed by atoms with Gasteiger partial charge in [0.05, 0.1) is 0 Å². The van der Waals surface area contributed by atoms with Crippen molar-refractivity contribution < 1.29 is 0 Å².